The fourth-order valence-electron chi connectivity index (χ4n) is 2.33. The molecule has 0 saturated heterocycles. The Balaban J connectivity index is 2.13. The quantitative estimate of drug-likeness (QED) is 0.789. The van der Waals surface area contributed by atoms with E-state index in [0.29, 0.717) is 0 Å². The first-order chi connectivity index (χ1) is 10.2. The van der Waals surface area contributed by atoms with Crippen molar-refractivity contribution < 1.29 is 0 Å². The average molecular weight is 283 g/mol. The van der Waals surface area contributed by atoms with E-state index in [1.807, 2.05) is 48.6 Å². The van der Waals surface area contributed by atoms with E-state index in [1.54, 1.807) is 12.5 Å². The molecule has 0 amide bonds. The molecule has 7 heteroatoms. The second-order valence-corrected chi connectivity index (χ2v) is 4.76. The van der Waals surface area contributed by atoms with Crippen LogP contribution in [-0.4, -0.2) is 36.1 Å². The topological polar surface area (TPSA) is 73.5 Å². The molecule has 21 heavy (non-hydrogen) atoms. The highest BCUT2D eigenvalue weighted by molar-refractivity contribution is 5.78. The predicted octanol–water partition coefficient (Wildman–Crippen LogP) is 1.71. The maximum atomic E-state index is 4.36. The number of aryl methyl sites for hydroxylation is 2. The van der Waals surface area contributed by atoms with Crippen LogP contribution in [0.25, 0.3) is 22.6 Å². The lowest BCUT2D eigenvalue weighted by Gasteiger charge is -2.08. The van der Waals surface area contributed by atoms with Gasteiger partial charge in [0, 0.05) is 32.4 Å². The van der Waals surface area contributed by atoms with Crippen molar-refractivity contribution in [3.05, 3.63) is 30.9 Å². The molecule has 0 aliphatic rings. The zero-order valence-electron chi connectivity index (χ0n) is 12.3. The van der Waals surface area contributed by atoms with Gasteiger partial charge in [-0.1, -0.05) is 0 Å². The Morgan fingerprint density at radius 2 is 2.14 bits per heavy atom. The third-order valence-electron chi connectivity index (χ3n) is 3.28. The van der Waals surface area contributed by atoms with Gasteiger partial charge in [-0.25, -0.2) is 4.98 Å². The molecular formula is C14H17N7. The molecule has 0 aliphatic heterocycles. The average Bonchev–Trinajstić information content (AvgIpc) is 3.05. The molecule has 0 atom stereocenters. The second kappa shape index (κ2) is 5.35. The van der Waals surface area contributed by atoms with Crippen molar-refractivity contribution in [2.24, 2.45) is 14.1 Å². The molecule has 3 rings (SSSR count). The Morgan fingerprint density at radius 3 is 2.86 bits per heavy atom. The maximum Gasteiger partial charge on any atom is 0.167 e. The van der Waals surface area contributed by atoms with Gasteiger partial charge in [0.1, 0.15) is 12.1 Å². The van der Waals surface area contributed by atoms with Crippen LogP contribution in [0.3, 0.4) is 0 Å². The second-order valence-electron chi connectivity index (χ2n) is 4.76. The Labute approximate surface area is 122 Å². The lowest BCUT2D eigenvalue weighted by atomic mass is 10.1. The Kier molecular flexibility index (Phi) is 3.39. The predicted molar refractivity (Wildman–Crippen MR) is 80.6 cm³/mol. The first kappa shape index (κ1) is 13.3. The van der Waals surface area contributed by atoms with E-state index in [9.17, 15) is 0 Å². The van der Waals surface area contributed by atoms with Crippen molar-refractivity contribution in [2.45, 2.75) is 6.92 Å². The van der Waals surface area contributed by atoms with Gasteiger partial charge in [0.15, 0.2) is 5.82 Å². The molecule has 0 unspecified atom stereocenters. The molecule has 0 spiro atoms. The van der Waals surface area contributed by atoms with E-state index in [-0.39, 0.29) is 0 Å². The molecular weight excluding hydrogens is 266 g/mol. The fraction of sp³-hybridized carbons (Fsp3) is 0.286. The van der Waals surface area contributed by atoms with Crippen molar-refractivity contribution in [1.29, 1.82) is 0 Å². The number of hydrogen-bond acceptors (Lipinski definition) is 5. The van der Waals surface area contributed by atoms with Crippen molar-refractivity contribution in [3.8, 4) is 22.6 Å². The number of hydrogen-bond donors (Lipinski definition) is 1. The molecule has 3 aromatic heterocycles. The summed E-state index contributed by atoms with van der Waals surface area (Å²) in [5, 5.41) is 15.7. The summed E-state index contributed by atoms with van der Waals surface area (Å²) in [6, 6.07) is 3.98. The number of pyridine rings is 1. The van der Waals surface area contributed by atoms with Crippen molar-refractivity contribution in [3.63, 3.8) is 0 Å². The maximum absolute atomic E-state index is 4.36. The van der Waals surface area contributed by atoms with Gasteiger partial charge in [0.25, 0.3) is 0 Å². The summed E-state index contributed by atoms with van der Waals surface area (Å²) in [4.78, 5) is 4.30. The summed E-state index contributed by atoms with van der Waals surface area (Å²) in [5.74, 6) is 1.64. The summed E-state index contributed by atoms with van der Waals surface area (Å²) in [5.41, 5.74) is 2.98. The van der Waals surface area contributed by atoms with Gasteiger partial charge in [-0.3, -0.25) is 4.68 Å². The number of rotatable bonds is 4. The smallest absolute Gasteiger partial charge is 0.167 e. The van der Waals surface area contributed by atoms with E-state index in [1.165, 1.54) is 0 Å². The molecule has 3 aromatic rings. The fourth-order valence-corrected chi connectivity index (χ4v) is 2.33. The number of nitrogens with zero attached hydrogens (tertiary/aromatic N) is 6. The summed E-state index contributed by atoms with van der Waals surface area (Å²) >= 11 is 0. The SMILES string of the molecule is CCNc1cc(-c2c(-c3nncn3C)cnn2C)ccn1. The van der Waals surface area contributed by atoms with Crippen LogP contribution in [0.5, 0.6) is 0 Å². The standard InChI is InChI=1S/C14H17N7/c1-4-15-12-7-10(5-6-16-12)13-11(8-18-21(13)3)14-19-17-9-20(14)2/h5-9H,4H2,1-3H3,(H,15,16). The van der Waals surface area contributed by atoms with Crippen LogP contribution in [0.1, 0.15) is 6.92 Å². The molecule has 0 saturated carbocycles. The van der Waals surface area contributed by atoms with Gasteiger partial charge in [0.05, 0.1) is 17.5 Å². The highest BCUT2D eigenvalue weighted by Gasteiger charge is 2.17. The molecule has 0 radical (unpaired) electrons. The first-order valence-corrected chi connectivity index (χ1v) is 6.77. The minimum absolute atomic E-state index is 0.792. The van der Waals surface area contributed by atoms with Crippen LogP contribution in [-0.2, 0) is 14.1 Å². The molecule has 108 valence electrons. The first-order valence-electron chi connectivity index (χ1n) is 6.77. The molecule has 3 heterocycles. The summed E-state index contributed by atoms with van der Waals surface area (Å²) < 4.78 is 3.72. The summed E-state index contributed by atoms with van der Waals surface area (Å²) in [6.45, 7) is 2.88. The Hall–Kier alpha value is -2.70. The lowest BCUT2D eigenvalue weighted by Crippen LogP contribution is -2.01. The molecule has 0 aromatic carbocycles. The van der Waals surface area contributed by atoms with Gasteiger partial charge < -0.3 is 9.88 Å². The highest BCUT2D eigenvalue weighted by Crippen LogP contribution is 2.30. The highest BCUT2D eigenvalue weighted by atomic mass is 15.3. The summed E-state index contributed by atoms with van der Waals surface area (Å²) in [6.07, 6.45) is 5.29. The van der Waals surface area contributed by atoms with E-state index >= 15 is 0 Å². The number of aromatic nitrogens is 6. The minimum atomic E-state index is 0.792. The van der Waals surface area contributed by atoms with Gasteiger partial charge in [-0.2, -0.15) is 5.10 Å². The Bertz CT molecular complexity index is 756. The van der Waals surface area contributed by atoms with E-state index < -0.39 is 0 Å². The van der Waals surface area contributed by atoms with E-state index in [4.69, 9.17) is 0 Å². The largest absolute Gasteiger partial charge is 0.370 e. The van der Waals surface area contributed by atoms with Gasteiger partial charge in [-0.15, -0.1) is 10.2 Å². The molecule has 7 nitrogen and oxygen atoms in total. The van der Waals surface area contributed by atoms with Gasteiger partial charge in [0.2, 0.25) is 0 Å². The number of nitrogens with one attached hydrogen (secondary N) is 1. The van der Waals surface area contributed by atoms with Crippen LogP contribution < -0.4 is 5.32 Å². The molecule has 0 bridgehead atoms. The van der Waals surface area contributed by atoms with E-state index in [0.717, 1.165) is 35.0 Å². The zero-order chi connectivity index (χ0) is 14.8. The van der Waals surface area contributed by atoms with Crippen molar-refractivity contribution >= 4 is 5.82 Å². The van der Waals surface area contributed by atoms with E-state index in [2.05, 4.69) is 25.6 Å². The minimum Gasteiger partial charge on any atom is -0.370 e. The zero-order valence-corrected chi connectivity index (χ0v) is 12.3. The molecule has 0 fully saturated rings. The monoisotopic (exact) mass is 283 g/mol. The van der Waals surface area contributed by atoms with Gasteiger partial charge in [-0.05, 0) is 19.1 Å². The summed E-state index contributed by atoms with van der Waals surface area (Å²) in [7, 11) is 3.84. The van der Waals surface area contributed by atoms with Crippen LogP contribution in [0.2, 0.25) is 0 Å². The van der Waals surface area contributed by atoms with Crippen LogP contribution in [0, 0.1) is 0 Å². The molecule has 0 aliphatic carbocycles. The van der Waals surface area contributed by atoms with Crippen molar-refractivity contribution in [1.82, 2.24) is 29.5 Å². The van der Waals surface area contributed by atoms with Crippen LogP contribution in [0.4, 0.5) is 5.82 Å². The van der Waals surface area contributed by atoms with Crippen LogP contribution >= 0.6 is 0 Å². The Morgan fingerprint density at radius 1 is 1.29 bits per heavy atom. The molecule has 1 N–H and O–H groups in total. The van der Waals surface area contributed by atoms with Crippen molar-refractivity contribution in [2.75, 3.05) is 11.9 Å². The van der Waals surface area contributed by atoms with Gasteiger partial charge >= 0.3 is 0 Å². The normalized spacial score (nSPS) is 10.8. The lowest BCUT2D eigenvalue weighted by molar-refractivity contribution is 0.775. The number of anilines is 1. The van der Waals surface area contributed by atoms with Crippen LogP contribution in [0.15, 0.2) is 30.9 Å². The third-order valence-corrected chi connectivity index (χ3v) is 3.28. The third kappa shape index (κ3) is 2.37.